The van der Waals surface area contributed by atoms with Gasteiger partial charge in [-0.3, -0.25) is 0 Å². The summed E-state index contributed by atoms with van der Waals surface area (Å²) in [6.45, 7) is 0. The maximum atomic E-state index is 6.06. The number of nitrogens with zero attached hydrogens (tertiary/aromatic N) is 2. The Morgan fingerprint density at radius 1 is 1.06 bits per heavy atom. The molecule has 3 nitrogen and oxygen atoms in total. The second-order valence-electron chi connectivity index (χ2n) is 3.43. The molecule has 0 saturated carbocycles. The van der Waals surface area contributed by atoms with E-state index in [1.165, 1.54) is 0 Å². The van der Waals surface area contributed by atoms with E-state index in [2.05, 4.69) is 9.97 Å². The number of hydrogen-bond acceptors (Lipinski definition) is 3. The lowest BCUT2D eigenvalue weighted by molar-refractivity contribution is 0.820. The molecule has 2 aromatic rings. The molecule has 0 spiro atoms. The molecule has 1 unspecified atom stereocenters. The second kappa shape index (κ2) is 5.19. The van der Waals surface area contributed by atoms with Crippen LogP contribution in [-0.4, -0.2) is 9.97 Å². The molecule has 0 aliphatic carbocycles. The van der Waals surface area contributed by atoms with Gasteiger partial charge in [-0.05, 0) is 41.4 Å². The van der Waals surface area contributed by atoms with Crippen LogP contribution in [0.4, 0.5) is 0 Å². The van der Waals surface area contributed by atoms with Crippen LogP contribution in [0.2, 0.25) is 15.3 Å². The molecule has 88 valence electrons. The predicted octanol–water partition coefficient (Wildman–Crippen LogP) is 3.48. The quantitative estimate of drug-likeness (QED) is 0.861. The van der Waals surface area contributed by atoms with Crippen molar-refractivity contribution < 1.29 is 0 Å². The van der Waals surface area contributed by atoms with E-state index in [1.807, 2.05) is 0 Å². The van der Waals surface area contributed by atoms with Gasteiger partial charge in [0.15, 0.2) is 0 Å². The third-order valence-electron chi connectivity index (χ3n) is 2.21. The van der Waals surface area contributed by atoms with Crippen LogP contribution in [0.15, 0.2) is 30.5 Å². The summed E-state index contributed by atoms with van der Waals surface area (Å²) in [5.41, 5.74) is 7.45. The largest absolute Gasteiger partial charge is 0.319 e. The molecular formula is C11H8Cl3N3. The lowest BCUT2D eigenvalue weighted by atomic mass is 10.0. The molecule has 0 saturated heterocycles. The van der Waals surface area contributed by atoms with Crippen LogP contribution in [0.3, 0.4) is 0 Å². The minimum Gasteiger partial charge on any atom is -0.319 e. The third kappa shape index (κ3) is 3.07. The molecule has 1 heterocycles. The first kappa shape index (κ1) is 12.6. The smallest absolute Gasteiger partial charge is 0.222 e. The van der Waals surface area contributed by atoms with Crippen molar-refractivity contribution in [3.8, 4) is 0 Å². The number of aromatic nitrogens is 2. The highest BCUT2D eigenvalue weighted by molar-refractivity contribution is 6.34. The Kier molecular flexibility index (Phi) is 3.84. The van der Waals surface area contributed by atoms with E-state index in [1.54, 1.807) is 30.5 Å². The Hall–Kier alpha value is -0.870. The molecule has 1 atom stereocenters. The van der Waals surface area contributed by atoms with Crippen LogP contribution in [0.25, 0.3) is 0 Å². The Labute approximate surface area is 114 Å². The van der Waals surface area contributed by atoms with Gasteiger partial charge in [-0.25, -0.2) is 9.97 Å². The summed E-state index contributed by atoms with van der Waals surface area (Å²) in [5, 5.41) is 1.22. The zero-order valence-electron chi connectivity index (χ0n) is 8.57. The van der Waals surface area contributed by atoms with Crippen molar-refractivity contribution in [2.45, 2.75) is 6.04 Å². The topological polar surface area (TPSA) is 51.8 Å². The highest BCUT2D eigenvalue weighted by Crippen LogP contribution is 2.25. The second-order valence-corrected chi connectivity index (χ2v) is 4.64. The summed E-state index contributed by atoms with van der Waals surface area (Å²) in [4.78, 5) is 7.85. The van der Waals surface area contributed by atoms with E-state index in [-0.39, 0.29) is 5.28 Å². The third-order valence-corrected chi connectivity index (χ3v) is 2.83. The maximum Gasteiger partial charge on any atom is 0.222 e. The van der Waals surface area contributed by atoms with Crippen molar-refractivity contribution in [2.75, 3.05) is 0 Å². The lowest BCUT2D eigenvalue weighted by Crippen LogP contribution is -2.13. The molecule has 0 amide bonds. The van der Waals surface area contributed by atoms with Gasteiger partial charge in [-0.1, -0.05) is 23.2 Å². The van der Waals surface area contributed by atoms with Crippen LogP contribution in [0, 0.1) is 0 Å². The van der Waals surface area contributed by atoms with Gasteiger partial charge in [0.2, 0.25) is 5.28 Å². The van der Waals surface area contributed by atoms with Gasteiger partial charge in [0.25, 0.3) is 0 Å². The van der Waals surface area contributed by atoms with Gasteiger partial charge >= 0.3 is 0 Å². The van der Waals surface area contributed by atoms with Crippen molar-refractivity contribution in [3.05, 3.63) is 57.0 Å². The Morgan fingerprint density at radius 2 is 1.71 bits per heavy atom. The zero-order chi connectivity index (χ0) is 12.4. The Morgan fingerprint density at radius 3 is 2.29 bits per heavy atom. The van der Waals surface area contributed by atoms with Crippen molar-refractivity contribution >= 4 is 34.8 Å². The van der Waals surface area contributed by atoms with Crippen molar-refractivity contribution in [3.63, 3.8) is 0 Å². The minimum absolute atomic E-state index is 0.158. The maximum absolute atomic E-state index is 6.06. The number of halogens is 3. The Bertz CT molecular complexity index is 525. The average Bonchev–Trinajstić information content (AvgIpc) is 2.26. The van der Waals surface area contributed by atoms with Gasteiger partial charge in [-0.15, -0.1) is 0 Å². The number of nitrogens with two attached hydrogens (primary N) is 1. The summed E-state index contributed by atoms with van der Waals surface area (Å²) in [6, 6.07) is 6.39. The van der Waals surface area contributed by atoms with Crippen LogP contribution in [0.5, 0.6) is 0 Å². The SMILES string of the molecule is NC(c1cc(Cl)cc(Cl)c1)c1ccnc(Cl)n1. The Balaban J connectivity index is 2.39. The molecule has 0 radical (unpaired) electrons. The highest BCUT2D eigenvalue weighted by Gasteiger charge is 2.12. The van der Waals surface area contributed by atoms with Crippen molar-refractivity contribution in [1.82, 2.24) is 9.97 Å². The van der Waals surface area contributed by atoms with Crippen LogP contribution >= 0.6 is 34.8 Å². The standard InChI is InChI=1S/C11H8Cl3N3/c12-7-3-6(4-8(13)5-7)10(15)9-1-2-16-11(14)17-9/h1-5,10H,15H2. The normalized spacial score (nSPS) is 12.5. The highest BCUT2D eigenvalue weighted by atomic mass is 35.5. The first-order valence-electron chi connectivity index (χ1n) is 4.76. The van der Waals surface area contributed by atoms with Crippen LogP contribution in [-0.2, 0) is 0 Å². The number of benzene rings is 1. The molecule has 0 aliphatic rings. The number of hydrogen-bond donors (Lipinski definition) is 1. The molecular weight excluding hydrogens is 281 g/mol. The fraction of sp³-hybridized carbons (Fsp3) is 0.0909. The predicted molar refractivity (Wildman–Crippen MR) is 69.5 cm³/mol. The molecule has 1 aromatic heterocycles. The average molecular weight is 289 g/mol. The van der Waals surface area contributed by atoms with Crippen LogP contribution < -0.4 is 5.73 Å². The fourth-order valence-electron chi connectivity index (χ4n) is 1.45. The van der Waals surface area contributed by atoms with Gasteiger partial charge in [0.1, 0.15) is 0 Å². The molecule has 6 heteroatoms. The molecule has 0 aliphatic heterocycles. The zero-order valence-corrected chi connectivity index (χ0v) is 10.8. The summed E-state index contributed by atoms with van der Waals surface area (Å²) < 4.78 is 0. The van der Waals surface area contributed by atoms with E-state index in [0.717, 1.165) is 5.56 Å². The molecule has 1 aromatic carbocycles. The van der Waals surface area contributed by atoms with E-state index >= 15 is 0 Å². The summed E-state index contributed by atoms with van der Waals surface area (Å²) in [5.74, 6) is 0. The van der Waals surface area contributed by atoms with Crippen molar-refractivity contribution in [1.29, 1.82) is 0 Å². The molecule has 17 heavy (non-hydrogen) atoms. The lowest BCUT2D eigenvalue weighted by Gasteiger charge is -2.12. The molecule has 2 rings (SSSR count). The minimum atomic E-state index is -0.438. The van der Waals surface area contributed by atoms with E-state index in [4.69, 9.17) is 40.5 Å². The summed E-state index contributed by atoms with van der Waals surface area (Å²) >= 11 is 17.5. The van der Waals surface area contributed by atoms with Gasteiger partial charge in [0.05, 0.1) is 11.7 Å². The van der Waals surface area contributed by atoms with Gasteiger partial charge < -0.3 is 5.73 Å². The van der Waals surface area contributed by atoms with Gasteiger partial charge in [0, 0.05) is 16.2 Å². The number of rotatable bonds is 2. The first-order chi connectivity index (χ1) is 8.06. The molecule has 2 N–H and O–H groups in total. The monoisotopic (exact) mass is 287 g/mol. The van der Waals surface area contributed by atoms with E-state index in [9.17, 15) is 0 Å². The van der Waals surface area contributed by atoms with Crippen LogP contribution in [0.1, 0.15) is 17.3 Å². The summed E-state index contributed by atoms with van der Waals surface area (Å²) in [7, 11) is 0. The van der Waals surface area contributed by atoms with E-state index < -0.39 is 6.04 Å². The molecule has 0 fully saturated rings. The fourth-order valence-corrected chi connectivity index (χ4v) is 2.14. The summed E-state index contributed by atoms with van der Waals surface area (Å²) in [6.07, 6.45) is 1.55. The first-order valence-corrected chi connectivity index (χ1v) is 5.89. The molecule has 0 bridgehead atoms. The van der Waals surface area contributed by atoms with Gasteiger partial charge in [-0.2, -0.15) is 0 Å². The van der Waals surface area contributed by atoms with Crippen molar-refractivity contribution in [2.24, 2.45) is 5.73 Å². The van der Waals surface area contributed by atoms with E-state index in [0.29, 0.717) is 15.7 Å².